The van der Waals surface area contributed by atoms with E-state index in [2.05, 4.69) is 16.2 Å². The Hall–Kier alpha value is -3.65. The van der Waals surface area contributed by atoms with Crippen molar-refractivity contribution in [2.75, 3.05) is 5.43 Å². The van der Waals surface area contributed by atoms with Gasteiger partial charge in [0.25, 0.3) is 11.8 Å². The van der Waals surface area contributed by atoms with Crippen LogP contribution in [0.15, 0.2) is 82.6 Å². The van der Waals surface area contributed by atoms with Crippen LogP contribution in [-0.4, -0.2) is 26.3 Å². The van der Waals surface area contributed by atoms with Crippen molar-refractivity contribution in [3.63, 3.8) is 0 Å². The van der Waals surface area contributed by atoms with Crippen LogP contribution in [0.3, 0.4) is 0 Å². The topological polar surface area (TPSA) is 104 Å². The van der Waals surface area contributed by atoms with Gasteiger partial charge in [-0.15, -0.1) is 0 Å². The van der Waals surface area contributed by atoms with Gasteiger partial charge in [-0.25, -0.2) is 8.42 Å². The van der Waals surface area contributed by atoms with Crippen molar-refractivity contribution in [3.05, 3.63) is 89.5 Å². The molecule has 0 saturated carbocycles. The van der Waals surface area contributed by atoms with Gasteiger partial charge in [-0.3, -0.25) is 20.4 Å². The summed E-state index contributed by atoms with van der Waals surface area (Å²) in [6.45, 7) is 7.46. The van der Waals surface area contributed by atoms with E-state index < -0.39 is 21.8 Å². The number of carbonyl (C=O) groups excluding carboxylic acids is 2. The molecule has 8 heteroatoms. The number of aryl methyl sites for hydroxylation is 2. The van der Waals surface area contributed by atoms with Crippen molar-refractivity contribution >= 4 is 27.3 Å². The van der Waals surface area contributed by atoms with Gasteiger partial charge >= 0.3 is 0 Å². The molecule has 0 bridgehead atoms. The number of carbonyl (C=O) groups is 2. The molecule has 0 radical (unpaired) electrons. The molecule has 34 heavy (non-hydrogen) atoms. The number of amides is 2. The van der Waals surface area contributed by atoms with E-state index in [0.29, 0.717) is 11.3 Å². The third kappa shape index (κ3) is 6.02. The summed E-state index contributed by atoms with van der Waals surface area (Å²) < 4.78 is 25.6. The molecule has 3 aromatic carbocycles. The van der Waals surface area contributed by atoms with Crippen LogP contribution < -0.4 is 16.2 Å². The summed E-state index contributed by atoms with van der Waals surface area (Å²) in [6, 6.07) is 19.1. The Morgan fingerprint density at radius 3 is 1.94 bits per heavy atom. The number of hydrogen-bond acceptors (Lipinski definition) is 5. The highest BCUT2D eigenvalue weighted by Crippen LogP contribution is 2.22. The summed E-state index contributed by atoms with van der Waals surface area (Å²) in [7, 11) is -3.63. The van der Waals surface area contributed by atoms with E-state index in [1.54, 1.807) is 54.6 Å². The Morgan fingerprint density at radius 1 is 0.794 bits per heavy atom. The maximum atomic E-state index is 12.8. The van der Waals surface area contributed by atoms with Gasteiger partial charge in [-0.05, 0) is 68.3 Å². The van der Waals surface area contributed by atoms with E-state index in [4.69, 9.17) is 0 Å². The Kier molecular flexibility index (Phi) is 7.73. The molecule has 2 amide bonds. The number of benzene rings is 3. The Bertz CT molecular complexity index is 1270. The standard InChI is InChI=1S/C26H29N3O4S/c1-17(2)24(27-25(30)20-7-5-6-19(4)16-20)26(31)29-28-21-10-14-23(15-11-21)34(32,33)22-12-8-18(3)9-13-22/h5-17,24,28H,1-4H3,(H,27,30)(H,29,31). The van der Waals surface area contributed by atoms with Gasteiger partial charge in [0.2, 0.25) is 9.84 Å². The highest BCUT2D eigenvalue weighted by Gasteiger charge is 2.25. The molecule has 0 fully saturated rings. The Morgan fingerprint density at radius 2 is 1.38 bits per heavy atom. The fourth-order valence-corrected chi connectivity index (χ4v) is 4.59. The molecule has 0 aliphatic heterocycles. The van der Waals surface area contributed by atoms with Crippen LogP contribution in [-0.2, 0) is 14.6 Å². The predicted molar refractivity (Wildman–Crippen MR) is 132 cm³/mol. The zero-order chi connectivity index (χ0) is 24.9. The Labute approximate surface area is 200 Å². The second-order valence-corrected chi connectivity index (χ2v) is 10.5. The fourth-order valence-electron chi connectivity index (χ4n) is 3.33. The maximum absolute atomic E-state index is 12.8. The first kappa shape index (κ1) is 25.0. The zero-order valence-corrected chi connectivity index (χ0v) is 20.4. The van der Waals surface area contributed by atoms with Crippen LogP contribution in [0.4, 0.5) is 5.69 Å². The molecule has 0 spiro atoms. The number of anilines is 1. The minimum absolute atomic E-state index is 0.152. The molecular formula is C26H29N3O4S. The lowest BCUT2D eigenvalue weighted by Gasteiger charge is -2.22. The van der Waals surface area contributed by atoms with Crippen LogP contribution in [0, 0.1) is 19.8 Å². The van der Waals surface area contributed by atoms with E-state index in [1.807, 2.05) is 33.8 Å². The van der Waals surface area contributed by atoms with E-state index in [1.165, 1.54) is 12.1 Å². The van der Waals surface area contributed by atoms with Gasteiger partial charge in [-0.1, -0.05) is 49.2 Å². The van der Waals surface area contributed by atoms with Gasteiger partial charge in [0.15, 0.2) is 0 Å². The van der Waals surface area contributed by atoms with Crippen molar-refractivity contribution in [3.8, 4) is 0 Å². The number of hydrazine groups is 1. The average molecular weight is 480 g/mol. The molecule has 1 unspecified atom stereocenters. The normalized spacial score (nSPS) is 12.1. The lowest BCUT2D eigenvalue weighted by molar-refractivity contribution is -0.123. The van der Waals surface area contributed by atoms with E-state index in [-0.39, 0.29) is 21.6 Å². The summed E-state index contributed by atoms with van der Waals surface area (Å²) in [4.78, 5) is 25.7. The van der Waals surface area contributed by atoms with Crippen LogP contribution in [0.5, 0.6) is 0 Å². The molecule has 0 aromatic heterocycles. The van der Waals surface area contributed by atoms with E-state index in [9.17, 15) is 18.0 Å². The average Bonchev–Trinajstić information content (AvgIpc) is 2.81. The molecule has 0 heterocycles. The summed E-state index contributed by atoms with van der Waals surface area (Å²) in [6.07, 6.45) is 0. The zero-order valence-electron chi connectivity index (χ0n) is 19.6. The van der Waals surface area contributed by atoms with Crippen LogP contribution in [0.1, 0.15) is 35.3 Å². The van der Waals surface area contributed by atoms with Gasteiger partial charge in [0.05, 0.1) is 15.5 Å². The molecule has 3 aromatic rings. The SMILES string of the molecule is Cc1ccc(S(=O)(=O)c2ccc(NNC(=O)C(NC(=O)c3cccc(C)c3)C(C)C)cc2)cc1. The highest BCUT2D eigenvalue weighted by molar-refractivity contribution is 7.91. The molecule has 3 N–H and O–H groups in total. The molecule has 1 atom stereocenters. The van der Waals surface area contributed by atoms with Crippen LogP contribution in [0.2, 0.25) is 0 Å². The quantitative estimate of drug-likeness (QED) is 0.423. The van der Waals surface area contributed by atoms with E-state index >= 15 is 0 Å². The summed E-state index contributed by atoms with van der Waals surface area (Å²) in [5.41, 5.74) is 8.29. The largest absolute Gasteiger partial charge is 0.340 e. The second kappa shape index (κ2) is 10.5. The Balaban J connectivity index is 1.64. The summed E-state index contributed by atoms with van der Waals surface area (Å²) >= 11 is 0. The first-order valence-electron chi connectivity index (χ1n) is 10.9. The van der Waals surface area contributed by atoms with Crippen LogP contribution >= 0.6 is 0 Å². The monoisotopic (exact) mass is 479 g/mol. The van der Waals surface area contributed by atoms with Gasteiger partial charge in [0, 0.05) is 5.56 Å². The maximum Gasteiger partial charge on any atom is 0.261 e. The molecule has 0 aliphatic carbocycles. The molecular weight excluding hydrogens is 450 g/mol. The molecule has 0 aliphatic rings. The van der Waals surface area contributed by atoms with Crippen molar-refractivity contribution in [1.29, 1.82) is 0 Å². The smallest absolute Gasteiger partial charge is 0.261 e. The summed E-state index contributed by atoms with van der Waals surface area (Å²) in [5.74, 6) is -0.895. The molecule has 3 rings (SSSR count). The first-order chi connectivity index (χ1) is 16.1. The number of nitrogens with one attached hydrogen (secondary N) is 3. The minimum atomic E-state index is -3.63. The fraction of sp³-hybridized carbons (Fsp3) is 0.231. The van der Waals surface area contributed by atoms with Crippen molar-refractivity contribution in [1.82, 2.24) is 10.7 Å². The van der Waals surface area contributed by atoms with Gasteiger partial charge < -0.3 is 5.32 Å². The molecule has 0 saturated heterocycles. The minimum Gasteiger partial charge on any atom is -0.340 e. The lowest BCUT2D eigenvalue weighted by Crippen LogP contribution is -2.51. The van der Waals surface area contributed by atoms with Crippen molar-refractivity contribution < 1.29 is 18.0 Å². The lowest BCUT2D eigenvalue weighted by atomic mass is 10.0. The van der Waals surface area contributed by atoms with Crippen LogP contribution in [0.25, 0.3) is 0 Å². The highest BCUT2D eigenvalue weighted by atomic mass is 32.2. The van der Waals surface area contributed by atoms with Gasteiger partial charge in [-0.2, -0.15) is 0 Å². The molecule has 7 nitrogen and oxygen atoms in total. The third-order valence-corrected chi connectivity index (χ3v) is 7.13. The van der Waals surface area contributed by atoms with Crippen molar-refractivity contribution in [2.45, 2.75) is 43.5 Å². The summed E-state index contributed by atoms with van der Waals surface area (Å²) in [5, 5.41) is 2.78. The van der Waals surface area contributed by atoms with E-state index in [0.717, 1.165) is 11.1 Å². The molecule has 178 valence electrons. The first-order valence-corrected chi connectivity index (χ1v) is 12.4. The predicted octanol–water partition coefficient (Wildman–Crippen LogP) is 4.03. The third-order valence-electron chi connectivity index (χ3n) is 5.34. The number of hydrogen-bond donors (Lipinski definition) is 3. The van der Waals surface area contributed by atoms with Crippen molar-refractivity contribution in [2.24, 2.45) is 5.92 Å². The number of rotatable bonds is 8. The number of sulfone groups is 1. The van der Waals surface area contributed by atoms with Gasteiger partial charge in [0.1, 0.15) is 6.04 Å². The second-order valence-electron chi connectivity index (χ2n) is 8.52.